The second-order valence-corrected chi connectivity index (χ2v) is 6.20. The summed E-state index contributed by atoms with van der Waals surface area (Å²) in [4.78, 5) is 0. The van der Waals surface area contributed by atoms with E-state index in [2.05, 4.69) is 25.6 Å². The van der Waals surface area contributed by atoms with Crippen molar-refractivity contribution in [3.63, 3.8) is 0 Å². The molecule has 0 atom stereocenters. The van der Waals surface area contributed by atoms with Crippen LogP contribution in [-0.2, 0) is 0 Å². The zero-order chi connectivity index (χ0) is 9.73. The molecule has 1 aliphatic rings. The summed E-state index contributed by atoms with van der Waals surface area (Å²) in [6, 6.07) is 0. The van der Waals surface area contributed by atoms with Crippen LogP contribution in [0.25, 0.3) is 0 Å². The van der Waals surface area contributed by atoms with Gasteiger partial charge in [0.2, 0.25) is 0 Å². The van der Waals surface area contributed by atoms with E-state index in [9.17, 15) is 0 Å². The second kappa shape index (κ2) is 5.26. The molecule has 0 unspecified atom stereocenters. The minimum atomic E-state index is 0.0109. The lowest BCUT2D eigenvalue weighted by atomic mass is 10.1. The van der Waals surface area contributed by atoms with Gasteiger partial charge < -0.3 is 5.73 Å². The molecule has 1 fully saturated rings. The summed E-state index contributed by atoms with van der Waals surface area (Å²) >= 11 is 2.09. The van der Waals surface area contributed by atoms with Crippen molar-refractivity contribution in [1.82, 2.24) is 0 Å². The van der Waals surface area contributed by atoms with Crippen molar-refractivity contribution in [3.05, 3.63) is 0 Å². The Morgan fingerprint density at radius 2 is 1.69 bits per heavy atom. The van der Waals surface area contributed by atoms with E-state index in [-0.39, 0.29) is 5.54 Å². The first-order valence-electron chi connectivity index (χ1n) is 5.48. The lowest BCUT2D eigenvalue weighted by Crippen LogP contribution is -2.35. The van der Waals surface area contributed by atoms with E-state index >= 15 is 0 Å². The van der Waals surface area contributed by atoms with Crippen molar-refractivity contribution >= 4 is 11.8 Å². The molecule has 1 rings (SSSR count). The lowest BCUT2D eigenvalue weighted by molar-refractivity contribution is 0.587. The highest BCUT2D eigenvalue weighted by Crippen LogP contribution is 2.28. The van der Waals surface area contributed by atoms with Gasteiger partial charge in [-0.2, -0.15) is 11.8 Å². The van der Waals surface area contributed by atoms with Crippen LogP contribution in [0.15, 0.2) is 0 Å². The van der Waals surface area contributed by atoms with Gasteiger partial charge in [0.15, 0.2) is 0 Å². The highest BCUT2D eigenvalue weighted by atomic mass is 32.2. The molecule has 1 saturated carbocycles. The van der Waals surface area contributed by atoms with Crippen LogP contribution in [0, 0.1) is 0 Å². The third-order valence-corrected chi connectivity index (χ3v) is 4.35. The van der Waals surface area contributed by atoms with Crippen molar-refractivity contribution < 1.29 is 0 Å². The number of thioether (sulfide) groups is 1. The van der Waals surface area contributed by atoms with Crippen LogP contribution < -0.4 is 5.73 Å². The normalized spacial score (nSPS) is 21.5. The zero-order valence-electron chi connectivity index (χ0n) is 9.01. The first-order valence-corrected chi connectivity index (χ1v) is 6.53. The Labute approximate surface area is 86.8 Å². The summed E-state index contributed by atoms with van der Waals surface area (Å²) in [5.41, 5.74) is 5.98. The summed E-state index contributed by atoms with van der Waals surface area (Å²) in [5.74, 6) is 1.11. The molecule has 0 aromatic rings. The van der Waals surface area contributed by atoms with Gasteiger partial charge in [-0.3, -0.25) is 0 Å². The van der Waals surface area contributed by atoms with Gasteiger partial charge in [0, 0.05) is 16.5 Å². The average Bonchev–Trinajstić information content (AvgIpc) is 2.26. The minimum absolute atomic E-state index is 0.0109. The molecule has 2 N–H and O–H groups in total. The SMILES string of the molecule is CC(C)(N)CSC1CCCCCC1. The summed E-state index contributed by atoms with van der Waals surface area (Å²) in [7, 11) is 0. The van der Waals surface area contributed by atoms with Crippen LogP contribution in [0.2, 0.25) is 0 Å². The van der Waals surface area contributed by atoms with Gasteiger partial charge in [-0.05, 0) is 26.7 Å². The molecule has 0 spiro atoms. The van der Waals surface area contributed by atoms with Crippen molar-refractivity contribution in [2.75, 3.05) is 5.75 Å². The summed E-state index contributed by atoms with van der Waals surface area (Å²) in [5, 5.41) is 0.894. The Balaban J connectivity index is 2.19. The van der Waals surface area contributed by atoms with E-state index in [1.54, 1.807) is 0 Å². The molecule has 1 aliphatic carbocycles. The number of nitrogens with two attached hydrogens (primary N) is 1. The Hall–Kier alpha value is 0.310. The fourth-order valence-corrected chi connectivity index (χ4v) is 3.07. The molecule has 78 valence electrons. The Kier molecular flexibility index (Phi) is 4.60. The van der Waals surface area contributed by atoms with Crippen LogP contribution in [-0.4, -0.2) is 16.5 Å². The van der Waals surface area contributed by atoms with E-state index in [1.165, 1.54) is 38.5 Å². The first-order chi connectivity index (χ1) is 6.08. The fraction of sp³-hybridized carbons (Fsp3) is 1.00. The quantitative estimate of drug-likeness (QED) is 0.710. The maximum absolute atomic E-state index is 5.97. The van der Waals surface area contributed by atoms with E-state index < -0.39 is 0 Å². The largest absolute Gasteiger partial charge is 0.325 e. The van der Waals surface area contributed by atoms with Gasteiger partial charge in [-0.1, -0.05) is 25.7 Å². The van der Waals surface area contributed by atoms with Crippen molar-refractivity contribution in [2.24, 2.45) is 5.73 Å². The van der Waals surface area contributed by atoms with Crippen molar-refractivity contribution in [2.45, 2.75) is 63.2 Å². The molecule has 0 aromatic carbocycles. The highest BCUT2D eigenvalue weighted by Gasteiger charge is 2.17. The van der Waals surface area contributed by atoms with Gasteiger partial charge in [0.25, 0.3) is 0 Å². The molecule has 13 heavy (non-hydrogen) atoms. The van der Waals surface area contributed by atoms with Crippen LogP contribution in [0.3, 0.4) is 0 Å². The molecular formula is C11H23NS. The Morgan fingerprint density at radius 3 is 2.15 bits per heavy atom. The third kappa shape index (κ3) is 5.58. The Morgan fingerprint density at radius 1 is 1.15 bits per heavy atom. The summed E-state index contributed by atoms with van der Waals surface area (Å²) in [6.07, 6.45) is 8.60. The second-order valence-electron chi connectivity index (χ2n) is 4.91. The van der Waals surface area contributed by atoms with E-state index in [4.69, 9.17) is 5.73 Å². The van der Waals surface area contributed by atoms with Crippen molar-refractivity contribution in [1.29, 1.82) is 0 Å². The molecule has 0 radical (unpaired) electrons. The maximum Gasteiger partial charge on any atom is 0.0188 e. The zero-order valence-corrected chi connectivity index (χ0v) is 9.83. The van der Waals surface area contributed by atoms with E-state index in [0.717, 1.165) is 11.0 Å². The summed E-state index contributed by atoms with van der Waals surface area (Å²) in [6.45, 7) is 4.24. The lowest BCUT2D eigenvalue weighted by Gasteiger charge is -2.21. The monoisotopic (exact) mass is 201 g/mol. The van der Waals surface area contributed by atoms with Crippen LogP contribution >= 0.6 is 11.8 Å². The fourth-order valence-electron chi connectivity index (χ4n) is 1.74. The predicted molar refractivity (Wildman–Crippen MR) is 62.2 cm³/mol. The Bertz CT molecular complexity index is 132. The molecule has 0 amide bonds. The topological polar surface area (TPSA) is 26.0 Å². The highest BCUT2D eigenvalue weighted by molar-refractivity contribution is 7.99. The first kappa shape index (κ1) is 11.4. The van der Waals surface area contributed by atoms with E-state index in [0.29, 0.717) is 0 Å². The number of hydrogen-bond acceptors (Lipinski definition) is 2. The summed E-state index contributed by atoms with van der Waals surface area (Å²) < 4.78 is 0. The molecule has 0 saturated heterocycles. The smallest absolute Gasteiger partial charge is 0.0188 e. The molecule has 0 heterocycles. The molecule has 2 heteroatoms. The van der Waals surface area contributed by atoms with Gasteiger partial charge in [0.05, 0.1) is 0 Å². The van der Waals surface area contributed by atoms with Crippen LogP contribution in [0.5, 0.6) is 0 Å². The molecular weight excluding hydrogens is 178 g/mol. The minimum Gasteiger partial charge on any atom is -0.325 e. The van der Waals surface area contributed by atoms with Gasteiger partial charge in [0.1, 0.15) is 0 Å². The van der Waals surface area contributed by atoms with E-state index in [1.807, 2.05) is 0 Å². The molecule has 0 aliphatic heterocycles. The average molecular weight is 201 g/mol. The van der Waals surface area contributed by atoms with Gasteiger partial charge >= 0.3 is 0 Å². The van der Waals surface area contributed by atoms with Gasteiger partial charge in [-0.25, -0.2) is 0 Å². The van der Waals surface area contributed by atoms with Crippen LogP contribution in [0.1, 0.15) is 52.4 Å². The predicted octanol–water partition coefficient (Wildman–Crippen LogP) is 3.18. The molecule has 0 bridgehead atoms. The standard InChI is InChI=1S/C11H23NS/c1-11(2,12)9-13-10-7-5-3-4-6-8-10/h10H,3-9,12H2,1-2H3. The number of hydrogen-bond donors (Lipinski definition) is 1. The number of rotatable bonds is 3. The molecule has 1 nitrogen and oxygen atoms in total. The van der Waals surface area contributed by atoms with Gasteiger partial charge in [-0.15, -0.1) is 0 Å². The molecule has 0 aromatic heterocycles. The van der Waals surface area contributed by atoms with Crippen molar-refractivity contribution in [3.8, 4) is 0 Å². The third-order valence-electron chi connectivity index (χ3n) is 2.49. The maximum atomic E-state index is 5.97. The van der Waals surface area contributed by atoms with Crippen LogP contribution in [0.4, 0.5) is 0 Å².